The SMILES string of the molecule is CC(C)c1ccc(-c2csc(N3CCN(CC(N)=O)CC3)n2)cc1. The Morgan fingerprint density at radius 1 is 1.21 bits per heavy atom. The van der Waals surface area contributed by atoms with Gasteiger partial charge in [0.15, 0.2) is 5.13 Å². The molecule has 1 aromatic carbocycles. The quantitative estimate of drug-likeness (QED) is 0.905. The fraction of sp³-hybridized carbons (Fsp3) is 0.444. The van der Waals surface area contributed by atoms with Crippen molar-refractivity contribution in [2.24, 2.45) is 5.73 Å². The van der Waals surface area contributed by atoms with Crippen LogP contribution in [0.5, 0.6) is 0 Å². The number of thiazole rings is 1. The fourth-order valence-electron chi connectivity index (χ4n) is 2.90. The Hall–Kier alpha value is -1.92. The second-order valence-corrected chi connectivity index (χ2v) is 7.36. The second-order valence-electron chi connectivity index (χ2n) is 6.52. The first-order chi connectivity index (χ1) is 11.5. The monoisotopic (exact) mass is 344 g/mol. The molecule has 0 unspecified atom stereocenters. The number of amides is 1. The van der Waals surface area contributed by atoms with Gasteiger partial charge in [0.1, 0.15) is 0 Å². The highest BCUT2D eigenvalue weighted by atomic mass is 32.1. The van der Waals surface area contributed by atoms with Crippen LogP contribution in [0.4, 0.5) is 5.13 Å². The molecule has 1 saturated heterocycles. The number of hydrogen-bond donors (Lipinski definition) is 1. The molecule has 2 heterocycles. The molecule has 0 aliphatic carbocycles. The van der Waals surface area contributed by atoms with Gasteiger partial charge >= 0.3 is 0 Å². The summed E-state index contributed by atoms with van der Waals surface area (Å²) in [5.74, 6) is 0.284. The summed E-state index contributed by atoms with van der Waals surface area (Å²) >= 11 is 1.68. The average Bonchev–Trinajstić information content (AvgIpc) is 3.05. The lowest BCUT2D eigenvalue weighted by molar-refractivity contribution is -0.119. The molecule has 0 radical (unpaired) electrons. The number of rotatable bonds is 5. The van der Waals surface area contributed by atoms with E-state index in [1.165, 1.54) is 5.56 Å². The highest BCUT2D eigenvalue weighted by molar-refractivity contribution is 7.14. The number of hydrogen-bond acceptors (Lipinski definition) is 5. The van der Waals surface area contributed by atoms with Crippen LogP contribution in [-0.2, 0) is 4.79 Å². The van der Waals surface area contributed by atoms with Gasteiger partial charge in [-0.25, -0.2) is 4.98 Å². The molecule has 6 heteroatoms. The van der Waals surface area contributed by atoms with Gasteiger partial charge in [0, 0.05) is 37.1 Å². The van der Waals surface area contributed by atoms with Crippen LogP contribution >= 0.6 is 11.3 Å². The third-order valence-electron chi connectivity index (χ3n) is 4.39. The van der Waals surface area contributed by atoms with E-state index in [2.05, 4.69) is 53.3 Å². The number of nitrogens with two attached hydrogens (primary N) is 1. The van der Waals surface area contributed by atoms with E-state index in [4.69, 9.17) is 10.7 Å². The van der Waals surface area contributed by atoms with Gasteiger partial charge in [-0.3, -0.25) is 9.69 Å². The Bertz CT molecular complexity index is 687. The van der Waals surface area contributed by atoms with Gasteiger partial charge < -0.3 is 10.6 Å². The third-order valence-corrected chi connectivity index (χ3v) is 5.29. The standard InChI is InChI=1S/C18H24N4OS/c1-13(2)14-3-5-15(6-4-14)16-12-24-18(20-16)22-9-7-21(8-10-22)11-17(19)23/h3-6,12-13H,7-11H2,1-2H3,(H2,19,23). The number of nitrogens with zero attached hydrogens (tertiary/aromatic N) is 3. The van der Waals surface area contributed by atoms with E-state index < -0.39 is 0 Å². The fourth-order valence-corrected chi connectivity index (χ4v) is 3.79. The molecule has 1 amide bonds. The summed E-state index contributed by atoms with van der Waals surface area (Å²) in [6.45, 7) is 8.21. The predicted octanol–water partition coefficient (Wildman–Crippen LogP) is 2.54. The predicted molar refractivity (Wildman–Crippen MR) is 99.5 cm³/mol. The summed E-state index contributed by atoms with van der Waals surface area (Å²) in [4.78, 5) is 20.2. The molecule has 2 aromatic rings. The van der Waals surface area contributed by atoms with Crippen LogP contribution in [0.3, 0.4) is 0 Å². The summed E-state index contributed by atoms with van der Waals surface area (Å²) in [6.07, 6.45) is 0. The van der Waals surface area contributed by atoms with Crippen LogP contribution in [0.15, 0.2) is 29.6 Å². The van der Waals surface area contributed by atoms with E-state index in [0.29, 0.717) is 12.5 Å². The van der Waals surface area contributed by atoms with E-state index >= 15 is 0 Å². The Balaban J connectivity index is 1.64. The molecule has 1 aliphatic rings. The van der Waals surface area contributed by atoms with Crippen LogP contribution in [0.1, 0.15) is 25.3 Å². The summed E-state index contributed by atoms with van der Waals surface area (Å²) in [6, 6.07) is 8.67. The molecule has 3 rings (SSSR count). The van der Waals surface area contributed by atoms with Crippen molar-refractivity contribution in [1.82, 2.24) is 9.88 Å². The van der Waals surface area contributed by atoms with Crippen molar-refractivity contribution in [3.63, 3.8) is 0 Å². The van der Waals surface area contributed by atoms with Gasteiger partial charge in [0.2, 0.25) is 5.91 Å². The zero-order valence-corrected chi connectivity index (χ0v) is 15.1. The van der Waals surface area contributed by atoms with Gasteiger partial charge in [0.05, 0.1) is 12.2 Å². The lowest BCUT2D eigenvalue weighted by atomic mass is 10.0. The van der Waals surface area contributed by atoms with Crippen molar-refractivity contribution in [2.45, 2.75) is 19.8 Å². The number of aromatic nitrogens is 1. The third kappa shape index (κ3) is 3.94. The summed E-state index contributed by atoms with van der Waals surface area (Å²) in [5, 5.41) is 3.17. The Morgan fingerprint density at radius 2 is 1.88 bits per heavy atom. The molecule has 0 spiro atoms. The molecule has 1 fully saturated rings. The summed E-state index contributed by atoms with van der Waals surface area (Å²) < 4.78 is 0. The average molecular weight is 344 g/mol. The van der Waals surface area contributed by atoms with E-state index in [-0.39, 0.29) is 5.91 Å². The maximum Gasteiger partial charge on any atom is 0.231 e. The number of primary amides is 1. The smallest absolute Gasteiger partial charge is 0.231 e. The van der Waals surface area contributed by atoms with Crippen LogP contribution in [-0.4, -0.2) is 48.5 Å². The Labute approximate surface area is 147 Å². The number of carbonyl (C=O) groups excluding carboxylic acids is 1. The van der Waals surface area contributed by atoms with Crippen molar-refractivity contribution >= 4 is 22.4 Å². The van der Waals surface area contributed by atoms with Crippen LogP contribution in [0.25, 0.3) is 11.3 Å². The molecule has 128 valence electrons. The molecule has 24 heavy (non-hydrogen) atoms. The minimum Gasteiger partial charge on any atom is -0.369 e. The molecular formula is C18H24N4OS. The molecule has 1 aliphatic heterocycles. The minimum atomic E-state index is -0.259. The van der Waals surface area contributed by atoms with Gasteiger partial charge in [-0.1, -0.05) is 38.1 Å². The van der Waals surface area contributed by atoms with Gasteiger partial charge in [-0.2, -0.15) is 0 Å². The van der Waals surface area contributed by atoms with Crippen molar-refractivity contribution in [1.29, 1.82) is 0 Å². The second kappa shape index (κ2) is 7.32. The number of benzene rings is 1. The lowest BCUT2D eigenvalue weighted by Gasteiger charge is -2.33. The van der Waals surface area contributed by atoms with E-state index in [1.54, 1.807) is 11.3 Å². The number of anilines is 1. The van der Waals surface area contributed by atoms with Crippen LogP contribution < -0.4 is 10.6 Å². The normalized spacial score (nSPS) is 15.9. The zero-order chi connectivity index (χ0) is 17.1. The molecule has 5 nitrogen and oxygen atoms in total. The van der Waals surface area contributed by atoms with Crippen molar-refractivity contribution in [3.8, 4) is 11.3 Å². The Morgan fingerprint density at radius 3 is 2.46 bits per heavy atom. The molecule has 0 atom stereocenters. The number of piperazine rings is 1. The maximum absolute atomic E-state index is 11.0. The van der Waals surface area contributed by atoms with Crippen molar-refractivity contribution in [2.75, 3.05) is 37.6 Å². The highest BCUT2D eigenvalue weighted by Gasteiger charge is 2.20. The summed E-state index contributed by atoms with van der Waals surface area (Å²) in [5.41, 5.74) is 8.80. The first kappa shape index (κ1) is 16.9. The molecule has 0 bridgehead atoms. The van der Waals surface area contributed by atoms with Gasteiger partial charge in [0.25, 0.3) is 0 Å². The van der Waals surface area contributed by atoms with Gasteiger partial charge in [-0.05, 0) is 11.5 Å². The van der Waals surface area contributed by atoms with Crippen molar-refractivity contribution in [3.05, 3.63) is 35.2 Å². The first-order valence-corrected chi connectivity index (χ1v) is 9.22. The maximum atomic E-state index is 11.0. The zero-order valence-electron chi connectivity index (χ0n) is 14.2. The lowest BCUT2D eigenvalue weighted by Crippen LogP contribution is -2.48. The van der Waals surface area contributed by atoms with Gasteiger partial charge in [-0.15, -0.1) is 11.3 Å². The molecule has 1 aromatic heterocycles. The van der Waals surface area contributed by atoms with Crippen LogP contribution in [0, 0.1) is 0 Å². The van der Waals surface area contributed by atoms with E-state index in [9.17, 15) is 4.79 Å². The van der Waals surface area contributed by atoms with E-state index in [0.717, 1.165) is 42.6 Å². The molecular weight excluding hydrogens is 320 g/mol. The number of carbonyl (C=O) groups is 1. The van der Waals surface area contributed by atoms with E-state index in [1.807, 2.05) is 0 Å². The molecule has 0 saturated carbocycles. The highest BCUT2D eigenvalue weighted by Crippen LogP contribution is 2.29. The first-order valence-electron chi connectivity index (χ1n) is 8.34. The Kier molecular flexibility index (Phi) is 5.16. The largest absolute Gasteiger partial charge is 0.369 e. The van der Waals surface area contributed by atoms with Crippen molar-refractivity contribution < 1.29 is 4.79 Å². The summed E-state index contributed by atoms with van der Waals surface area (Å²) in [7, 11) is 0. The van der Waals surface area contributed by atoms with Crippen LogP contribution in [0.2, 0.25) is 0 Å². The minimum absolute atomic E-state index is 0.259. The topological polar surface area (TPSA) is 62.5 Å². The molecule has 2 N–H and O–H groups in total.